The van der Waals surface area contributed by atoms with Crippen molar-refractivity contribution in [2.75, 3.05) is 7.05 Å². The van der Waals surface area contributed by atoms with Crippen LogP contribution in [0.3, 0.4) is 0 Å². The molecule has 0 saturated heterocycles. The summed E-state index contributed by atoms with van der Waals surface area (Å²) in [5.41, 5.74) is 3.28. The van der Waals surface area contributed by atoms with Gasteiger partial charge in [0.25, 0.3) is 5.91 Å². The van der Waals surface area contributed by atoms with Gasteiger partial charge in [0.15, 0.2) is 0 Å². The maximum atomic E-state index is 13.2. The van der Waals surface area contributed by atoms with Crippen LogP contribution in [0.15, 0.2) is 79.0 Å². The average molecular weight is 385 g/mol. The van der Waals surface area contributed by atoms with Gasteiger partial charge in [-0.3, -0.25) is 9.20 Å². The van der Waals surface area contributed by atoms with E-state index in [4.69, 9.17) is 4.74 Å². The van der Waals surface area contributed by atoms with E-state index >= 15 is 0 Å². The number of aryl methyl sites for hydroxylation is 1. The van der Waals surface area contributed by atoms with Crippen molar-refractivity contribution in [1.82, 2.24) is 14.3 Å². The summed E-state index contributed by atoms with van der Waals surface area (Å²) in [7, 11) is 1.82. The molecule has 5 nitrogen and oxygen atoms in total. The summed E-state index contributed by atoms with van der Waals surface area (Å²) in [5, 5.41) is 0. The number of carbonyl (C=O) groups excluding carboxylic acids is 1. The number of ether oxygens (including phenoxy) is 1. The zero-order chi connectivity index (χ0) is 20.2. The average Bonchev–Trinajstić information content (AvgIpc) is 3.14. The Kier molecular flexibility index (Phi) is 5.29. The van der Waals surface area contributed by atoms with Gasteiger partial charge < -0.3 is 9.64 Å². The zero-order valence-electron chi connectivity index (χ0n) is 16.6. The molecule has 0 aliphatic carbocycles. The van der Waals surface area contributed by atoms with Gasteiger partial charge in [-0.25, -0.2) is 4.98 Å². The molecule has 29 heavy (non-hydrogen) atoms. The molecule has 2 aromatic heterocycles. The SMILES string of the molecule is CCc1nc2ccccn2c1C(=O)N(C)Cc1ccc(Oc2ccccc2)cc1. The maximum Gasteiger partial charge on any atom is 0.272 e. The molecule has 0 bridgehead atoms. The van der Waals surface area contributed by atoms with Crippen molar-refractivity contribution in [1.29, 1.82) is 0 Å². The van der Waals surface area contributed by atoms with Gasteiger partial charge in [0.1, 0.15) is 22.8 Å². The Bertz CT molecular complexity index is 1120. The fourth-order valence-corrected chi connectivity index (χ4v) is 3.33. The molecule has 4 rings (SSSR count). The van der Waals surface area contributed by atoms with Gasteiger partial charge in [0, 0.05) is 19.8 Å². The van der Waals surface area contributed by atoms with E-state index < -0.39 is 0 Å². The van der Waals surface area contributed by atoms with E-state index in [1.807, 2.05) is 97.4 Å². The van der Waals surface area contributed by atoms with Crippen LogP contribution >= 0.6 is 0 Å². The highest BCUT2D eigenvalue weighted by Crippen LogP contribution is 2.22. The number of carbonyl (C=O) groups is 1. The maximum absolute atomic E-state index is 13.2. The fraction of sp³-hybridized carbons (Fsp3) is 0.167. The lowest BCUT2D eigenvalue weighted by Gasteiger charge is -2.18. The normalized spacial score (nSPS) is 10.8. The number of nitrogens with zero attached hydrogens (tertiary/aromatic N) is 3. The largest absolute Gasteiger partial charge is 0.457 e. The van der Waals surface area contributed by atoms with Crippen LogP contribution in [0, 0.1) is 0 Å². The molecule has 4 aromatic rings. The van der Waals surface area contributed by atoms with Crippen LogP contribution in [0.1, 0.15) is 28.7 Å². The molecule has 0 N–H and O–H groups in total. The first-order valence-electron chi connectivity index (χ1n) is 9.69. The van der Waals surface area contributed by atoms with Crippen LogP contribution in [0.4, 0.5) is 0 Å². The zero-order valence-corrected chi connectivity index (χ0v) is 16.6. The van der Waals surface area contributed by atoms with Gasteiger partial charge in [-0.2, -0.15) is 0 Å². The molecule has 5 heteroatoms. The van der Waals surface area contributed by atoms with Gasteiger partial charge in [0.2, 0.25) is 0 Å². The number of hydrogen-bond donors (Lipinski definition) is 0. The third-order valence-electron chi connectivity index (χ3n) is 4.81. The Morgan fingerprint density at radius 2 is 1.66 bits per heavy atom. The number of pyridine rings is 1. The van der Waals surface area contributed by atoms with Gasteiger partial charge >= 0.3 is 0 Å². The smallest absolute Gasteiger partial charge is 0.272 e. The van der Waals surface area contributed by atoms with Gasteiger partial charge in [0.05, 0.1) is 5.69 Å². The van der Waals surface area contributed by atoms with E-state index in [-0.39, 0.29) is 5.91 Å². The minimum atomic E-state index is -0.0369. The fourth-order valence-electron chi connectivity index (χ4n) is 3.33. The Morgan fingerprint density at radius 1 is 0.966 bits per heavy atom. The molecule has 0 unspecified atom stereocenters. The summed E-state index contributed by atoms with van der Waals surface area (Å²) in [6.07, 6.45) is 2.60. The second kappa shape index (κ2) is 8.19. The van der Waals surface area contributed by atoms with E-state index in [0.717, 1.165) is 28.4 Å². The number of fused-ring (bicyclic) bond motifs is 1. The summed E-state index contributed by atoms with van der Waals surface area (Å²) in [4.78, 5) is 19.5. The molecule has 0 aliphatic heterocycles. The lowest BCUT2D eigenvalue weighted by atomic mass is 10.2. The topological polar surface area (TPSA) is 46.8 Å². The van der Waals surface area contributed by atoms with Crippen LogP contribution in [-0.2, 0) is 13.0 Å². The molecule has 0 aliphatic rings. The predicted molar refractivity (Wildman–Crippen MR) is 113 cm³/mol. The van der Waals surface area contributed by atoms with Crippen molar-refractivity contribution in [2.45, 2.75) is 19.9 Å². The van der Waals surface area contributed by atoms with E-state index in [0.29, 0.717) is 18.7 Å². The minimum absolute atomic E-state index is 0.0369. The molecule has 0 saturated carbocycles. The molecule has 146 valence electrons. The molecule has 2 heterocycles. The highest BCUT2D eigenvalue weighted by atomic mass is 16.5. The molecule has 0 atom stereocenters. The Labute approximate surface area is 170 Å². The first kappa shape index (κ1) is 18.7. The molecular formula is C24H23N3O2. The van der Waals surface area contributed by atoms with Crippen molar-refractivity contribution in [3.05, 3.63) is 95.9 Å². The number of rotatable bonds is 6. The Morgan fingerprint density at radius 3 is 2.38 bits per heavy atom. The standard InChI is InChI=1S/C24H23N3O2/c1-3-21-23(27-16-8-7-11-22(27)25-21)24(28)26(2)17-18-12-14-20(15-13-18)29-19-9-5-4-6-10-19/h4-16H,3,17H2,1-2H3. The van der Waals surface area contributed by atoms with Crippen LogP contribution in [0.25, 0.3) is 5.65 Å². The Balaban J connectivity index is 1.49. The number of hydrogen-bond acceptors (Lipinski definition) is 3. The molecule has 0 fully saturated rings. The molecule has 0 spiro atoms. The van der Waals surface area contributed by atoms with Gasteiger partial charge in [-0.05, 0) is 48.4 Å². The lowest BCUT2D eigenvalue weighted by molar-refractivity contribution is 0.0777. The van der Waals surface area contributed by atoms with Crippen LogP contribution in [0.2, 0.25) is 0 Å². The number of para-hydroxylation sites is 1. The lowest BCUT2D eigenvalue weighted by Crippen LogP contribution is -2.28. The van der Waals surface area contributed by atoms with E-state index in [1.165, 1.54) is 0 Å². The van der Waals surface area contributed by atoms with Crippen molar-refractivity contribution >= 4 is 11.6 Å². The number of amides is 1. The van der Waals surface area contributed by atoms with Crippen molar-refractivity contribution < 1.29 is 9.53 Å². The van der Waals surface area contributed by atoms with Crippen LogP contribution < -0.4 is 4.74 Å². The number of imidazole rings is 1. The van der Waals surface area contributed by atoms with E-state index in [9.17, 15) is 4.79 Å². The summed E-state index contributed by atoms with van der Waals surface area (Å²) in [6.45, 7) is 2.53. The second-order valence-corrected chi connectivity index (χ2v) is 6.91. The summed E-state index contributed by atoms with van der Waals surface area (Å²) < 4.78 is 7.70. The first-order chi connectivity index (χ1) is 14.2. The molecule has 1 amide bonds. The van der Waals surface area contributed by atoms with Crippen LogP contribution in [0.5, 0.6) is 11.5 Å². The summed E-state index contributed by atoms with van der Waals surface area (Å²) >= 11 is 0. The number of benzene rings is 2. The second-order valence-electron chi connectivity index (χ2n) is 6.91. The van der Waals surface area contributed by atoms with Crippen molar-refractivity contribution in [3.8, 4) is 11.5 Å². The van der Waals surface area contributed by atoms with Crippen molar-refractivity contribution in [2.24, 2.45) is 0 Å². The third kappa shape index (κ3) is 3.99. The summed E-state index contributed by atoms with van der Waals surface area (Å²) in [6, 6.07) is 23.2. The molecule has 2 aromatic carbocycles. The van der Waals surface area contributed by atoms with Gasteiger partial charge in [-0.1, -0.05) is 43.3 Å². The number of aromatic nitrogens is 2. The highest BCUT2D eigenvalue weighted by molar-refractivity contribution is 5.94. The van der Waals surface area contributed by atoms with Crippen LogP contribution in [-0.4, -0.2) is 27.2 Å². The van der Waals surface area contributed by atoms with E-state index in [1.54, 1.807) is 4.90 Å². The van der Waals surface area contributed by atoms with Gasteiger partial charge in [-0.15, -0.1) is 0 Å². The molecular weight excluding hydrogens is 362 g/mol. The van der Waals surface area contributed by atoms with E-state index in [2.05, 4.69) is 4.98 Å². The Hall–Kier alpha value is -3.60. The summed E-state index contributed by atoms with van der Waals surface area (Å²) in [5.74, 6) is 1.53. The first-order valence-corrected chi connectivity index (χ1v) is 9.69. The minimum Gasteiger partial charge on any atom is -0.457 e. The quantitative estimate of drug-likeness (QED) is 0.471. The molecule has 0 radical (unpaired) electrons. The highest BCUT2D eigenvalue weighted by Gasteiger charge is 2.21. The third-order valence-corrected chi connectivity index (χ3v) is 4.81. The van der Waals surface area contributed by atoms with Crippen molar-refractivity contribution in [3.63, 3.8) is 0 Å². The predicted octanol–water partition coefficient (Wildman–Crippen LogP) is 4.96. The monoisotopic (exact) mass is 385 g/mol.